The zero-order valence-electron chi connectivity index (χ0n) is 10.6. The largest absolute Gasteiger partial charge is 0.426 e. The number of hydrogen-bond donors (Lipinski definition) is 2. The highest BCUT2D eigenvalue weighted by atomic mass is 35.6. The molecule has 1 atom stereocenters. The van der Waals surface area contributed by atoms with E-state index < -0.39 is 16.1 Å². The Labute approximate surface area is 136 Å². The van der Waals surface area contributed by atoms with Gasteiger partial charge in [0.05, 0.1) is 12.0 Å². The maximum absolute atomic E-state index is 11.9. The van der Waals surface area contributed by atoms with E-state index >= 15 is 0 Å². The van der Waals surface area contributed by atoms with Crippen molar-refractivity contribution >= 4 is 58.6 Å². The van der Waals surface area contributed by atoms with Crippen molar-refractivity contribution in [3.63, 3.8) is 0 Å². The van der Waals surface area contributed by atoms with Crippen LogP contribution in [0.4, 0.5) is 10.5 Å². The lowest BCUT2D eigenvalue weighted by atomic mass is 10.3. The summed E-state index contributed by atoms with van der Waals surface area (Å²) in [6.45, 7) is 0. The Morgan fingerprint density at radius 1 is 1.40 bits per heavy atom. The number of aliphatic hydroxyl groups excluding tert-OH is 1. The van der Waals surface area contributed by atoms with Crippen LogP contribution < -0.4 is 9.50 Å². The van der Waals surface area contributed by atoms with Crippen LogP contribution in [0, 0.1) is 0 Å². The lowest BCUT2D eigenvalue weighted by Gasteiger charge is -2.28. The average Bonchev–Trinajstić information content (AvgIpc) is 2.38. The lowest BCUT2D eigenvalue weighted by molar-refractivity contribution is 0.0547. The molecule has 0 aliphatic rings. The zero-order chi connectivity index (χ0) is 15.3. The first kappa shape index (κ1) is 17.5. The van der Waals surface area contributed by atoms with Gasteiger partial charge in [0.1, 0.15) is 5.75 Å². The SMILES string of the molecule is CSOc1ccc(NC(=O)N(C)C(O)C(Cl)(Cl)Cl)cc1. The first-order valence-electron chi connectivity index (χ1n) is 5.35. The number of carbonyl (C=O) groups excluding carboxylic acids is 1. The van der Waals surface area contributed by atoms with Gasteiger partial charge in [-0.15, -0.1) is 0 Å². The van der Waals surface area contributed by atoms with Gasteiger partial charge in [-0.2, -0.15) is 0 Å². The molecular weight excluding hydrogens is 347 g/mol. The number of alkyl halides is 3. The second kappa shape index (κ2) is 7.47. The molecular formula is C11H13Cl3N2O3S. The number of anilines is 1. The number of benzene rings is 1. The number of amides is 2. The van der Waals surface area contributed by atoms with Gasteiger partial charge in [-0.05, 0) is 24.3 Å². The Morgan fingerprint density at radius 3 is 2.40 bits per heavy atom. The van der Waals surface area contributed by atoms with Crippen molar-refractivity contribution in [2.75, 3.05) is 18.6 Å². The van der Waals surface area contributed by atoms with Gasteiger partial charge in [-0.25, -0.2) is 4.79 Å². The van der Waals surface area contributed by atoms with Crippen molar-refractivity contribution in [1.82, 2.24) is 4.90 Å². The molecule has 0 aliphatic carbocycles. The Kier molecular flexibility index (Phi) is 6.54. The van der Waals surface area contributed by atoms with E-state index in [0.717, 1.165) is 4.90 Å². The lowest BCUT2D eigenvalue weighted by Crippen LogP contribution is -2.46. The molecule has 0 aliphatic heterocycles. The van der Waals surface area contributed by atoms with Crippen LogP contribution in [-0.2, 0) is 0 Å². The third-order valence-electron chi connectivity index (χ3n) is 2.27. The minimum absolute atomic E-state index is 0.520. The highest BCUT2D eigenvalue weighted by molar-refractivity contribution is 7.94. The van der Waals surface area contributed by atoms with Crippen LogP contribution in [0.3, 0.4) is 0 Å². The highest BCUT2D eigenvalue weighted by Crippen LogP contribution is 2.31. The standard InChI is InChI=1S/C11H13Cl3N2O3S/c1-16(9(17)11(12,13)14)10(18)15-7-3-5-8(6-4-7)19-20-2/h3-6,9,17H,1-2H3,(H,15,18). The fraction of sp³-hybridized carbons (Fsp3) is 0.364. The fourth-order valence-corrected chi connectivity index (χ4v) is 1.98. The van der Waals surface area contributed by atoms with Crippen molar-refractivity contribution in [1.29, 1.82) is 0 Å². The molecule has 20 heavy (non-hydrogen) atoms. The molecule has 0 saturated carbocycles. The summed E-state index contributed by atoms with van der Waals surface area (Å²) < 4.78 is 3.21. The minimum Gasteiger partial charge on any atom is -0.426 e. The molecule has 1 unspecified atom stereocenters. The van der Waals surface area contributed by atoms with Crippen LogP contribution >= 0.6 is 46.8 Å². The molecule has 1 aromatic carbocycles. The first-order chi connectivity index (χ1) is 9.25. The molecule has 5 nitrogen and oxygen atoms in total. The predicted octanol–water partition coefficient (Wildman–Crippen LogP) is 3.50. The fourth-order valence-electron chi connectivity index (χ4n) is 1.23. The van der Waals surface area contributed by atoms with Crippen LogP contribution in [0.1, 0.15) is 0 Å². The van der Waals surface area contributed by atoms with Crippen LogP contribution in [-0.4, -0.2) is 39.4 Å². The third kappa shape index (κ3) is 5.10. The molecule has 112 valence electrons. The Morgan fingerprint density at radius 2 is 1.95 bits per heavy atom. The zero-order valence-corrected chi connectivity index (χ0v) is 13.7. The summed E-state index contributed by atoms with van der Waals surface area (Å²) in [6.07, 6.45) is 0.231. The van der Waals surface area contributed by atoms with Crippen LogP contribution in [0.15, 0.2) is 24.3 Å². The number of nitrogens with zero attached hydrogens (tertiary/aromatic N) is 1. The number of nitrogens with one attached hydrogen (secondary N) is 1. The first-order valence-corrected chi connectivity index (χ1v) is 7.63. The average molecular weight is 360 g/mol. The summed E-state index contributed by atoms with van der Waals surface area (Å²) in [6, 6.07) is 6.08. The molecule has 2 N–H and O–H groups in total. The second-order valence-corrected chi connectivity index (χ2v) is 6.60. The smallest absolute Gasteiger partial charge is 0.323 e. The van der Waals surface area contributed by atoms with Gasteiger partial charge >= 0.3 is 6.03 Å². The number of halogens is 3. The monoisotopic (exact) mass is 358 g/mol. The Balaban J connectivity index is 2.66. The summed E-state index contributed by atoms with van der Waals surface area (Å²) in [7, 11) is 1.31. The molecule has 0 spiro atoms. The molecule has 0 heterocycles. The molecule has 0 fully saturated rings. The Hall–Kier alpha value is -0.530. The number of carbonyl (C=O) groups is 1. The van der Waals surface area contributed by atoms with Crippen molar-refractivity contribution < 1.29 is 14.1 Å². The molecule has 1 rings (SSSR count). The molecule has 0 aromatic heterocycles. The van der Waals surface area contributed by atoms with Gasteiger partial charge in [0, 0.05) is 19.0 Å². The van der Waals surface area contributed by atoms with E-state index in [1.165, 1.54) is 19.1 Å². The van der Waals surface area contributed by atoms with Gasteiger partial charge in [0.2, 0.25) is 3.79 Å². The topological polar surface area (TPSA) is 61.8 Å². The maximum atomic E-state index is 11.9. The molecule has 0 radical (unpaired) electrons. The van der Waals surface area contributed by atoms with E-state index in [1.54, 1.807) is 30.5 Å². The molecule has 0 bridgehead atoms. The second-order valence-electron chi connectivity index (χ2n) is 3.73. The Bertz CT molecular complexity index is 453. The van der Waals surface area contributed by atoms with Crippen LogP contribution in [0.25, 0.3) is 0 Å². The summed E-state index contributed by atoms with van der Waals surface area (Å²) in [5.41, 5.74) is 0.520. The highest BCUT2D eigenvalue weighted by Gasteiger charge is 2.36. The summed E-state index contributed by atoms with van der Waals surface area (Å²) in [5, 5.41) is 12.2. The molecule has 2 amide bonds. The van der Waals surface area contributed by atoms with Crippen LogP contribution in [0.5, 0.6) is 5.75 Å². The predicted molar refractivity (Wildman–Crippen MR) is 83.7 cm³/mol. The van der Waals surface area contributed by atoms with Gasteiger partial charge in [-0.1, -0.05) is 34.8 Å². The van der Waals surface area contributed by atoms with E-state index in [1.807, 2.05) is 0 Å². The van der Waals surface area contributed by atoms with Crippen molar-refractivity contribution in [3.8, 4) is 5.75 Å². The quantitative estimate of drug-likeness (QED) is 0.491. The maximum Gasteiger partial charge on any atom is 0.323 e. The normalized spacial score (nSPS) is 12.7. The minimum atomic E-state index is -1.98. The van der Waals surface area contributed by atoms with Crippen molar-refractivity contribution in [2.45, 2.75) is 10.0 Å². The summed E-state index contributed by atoms with van der Waals surface area (Å²) >= 11 is 17.8. The van der Waals surface area contributed by atoms with Crippen molar-refractivity contribution in [3.05, 3.63) is 24.3 Å². The number of urea groups is 1. The van der Waals surface area contributed by atoms with Gasteiger partial charge in [0.25, 0.3) is 0 Å². The number of aliphatic hydroxyl groups is 1. The summed E-state index contributed by atoms with van der Waals surface area (Å²) in [4.78, 5) is 12.7. The van der Waals surface area contributed by atoms with E-state index in [4.69, 9.17) is 39.0 Å². The summed E-state index contributed by atoms with van der Waals surface area (Å²) in [5.74, 6) is 0.658. The van der Waals surface area contributed by atoms with Gasteiger partial charge < -0.3 is 14.6 Å². The number of rotatable bonds is 4. The molecule has 9 heteroatoms. The van der Waals surface area contributed by atoms with E-state index in [2.05, 4.69) is 5.32 Å². The van der Waals surface area contributed by atoms with Crippen molar-refractivity contribution in [2.24, 2.45) is 0 Å². The molecule has 0 saturated heterocycles. The van der Waals surface area contributed by atoms with E-state index in [0.29, 0.717) is 11.4 Å². The van der Waals surface area contributed by atoms with Crippen LogP contribution in [0.2, 0.25) is 0 Å². The van der Waals surface area contributed by atoms with Gasteiger partial charge in [-0.3, -0.25) is 4.90 Å². The molecule has 1 aromatic rings. The van der Waals surface area contributed by atoms with E-state index in [9.17, 15) is 9.90 Å². The number of hydrogen-bond acceptors (Lipinski definition) is 4. The third-order valence-corrected chi connectivity index (χ3v) is 3.21. The van der Waals surface area contributed by atoms with Gasteiger partial charge in [0.15, 0.2) is 6.23 Å². The van der Waals surface area contributed by atoms with E-state index in [-0.39, 0.29) is 0 Å².